The van der Waals surface area contributed by atoms with Crippen LogP contribution >= 0.6 is 11.8 Å². The quantitative estimate of drug-likeness (QED) is 0.134. The zero-order chi connectivity index (χ0) is 26.2. The average Bonchev–Trinajstić information content (AvgIpc) is 3.27. The van der Waals surface area contributed by atoms with Crippen molar-refractivity contribution in [3.8, 4) is 22.9 Å². The van der Waals surface area contributed by atoms with Gasteiger partial charge in [-0.25, -0.2) is 0 Å². The molecular formula is C27H28N4O5S. The van der Waals surface area contributed by atoms with E-state index in [1.807, 2.05) is 85.1 Å². The third-order valence-corrected chi connectivity index (χ3v) is 6.75. The van der Waals surface area contributed by atoms with Gasteiger partial charge in [0.2, 0.25) is 6.54 Å². The van der Waals surface area contributed by atoms with Gasteiger partial charge in [0.05, 0.1) is 13.7 Å². The maximum atomic E-state index is 11.6. The number of thioether (sulfide) groups is 1. The monoisotopic (exact) mass is 520 g/mol. The molecule has 1 aromatic heterocycles. The lowest BCUT2D eigenvalue weighted by Gasteiger charge is -2.17. The fourth-order valence-corrected chi connectivity index (χ4v) is 4.93. The van der Waals surface area contributed by atoms with E-state index < -0.39 is 5.25 Å². The smallest absolute Gasteiger partial charge is 0.220 e. The minimum absolute atomic E-state index is 0.297. The zero-order valence-corrected chi connectivity index (χ0v) is 21.7. The van der Waals surface area contributed by atoms with Gasteiger partial charge in [-0.2, -0.15) is 0 Å². The van der Waals surface area contributed by atoms with E-state index in [2.05, 4.69) is 10.2 Å². The highest BCUT2D eigenvalue weighted by atomic mass is 32.2. The lowest BCUT2D eigenvalue weighted by molar-refractivity contribution is -0.479. The van der Waals surface area contributed by atoms with Crippen LogP contribution in [0.15, 0.2) is 78.0 Å². The Bertz CT molecular complexity index is 1330. The maximum absolute atomic E-state index is 11.6. The molecule has 3 aromatic carbocycles. The highest BCUT2D eigenvalue weighted by Gasteiger charge is 2.25. The van der Waals surface area contributed by atoms with Crippen LogP contribution in [0.2, 0.25) is 0 Å². The number of aryl methyl sites for hydroxylation is 1. The SMILES string of the molecule is CCOc1cc([C@H](C[N+](=O)[O-])Sc2nnc(C)n2-c2ccc(OC)cc2)ccc1OCc1ccccc1. The predicted molar refractivity (Wildman–Crippen MR) is 141 cm³/mol. The zero-order valence-electron chi connectivity index (χ0n) is 20.9. The summed E-state index contributed by atoms with van der Waals surface area (Å²) >= 11 is 1.29. The first-order chi connectivity index (χ1) is 18.0. The molecule has 1 atom stereocenters. The Morgan fingerprint density at radius 2 is 1.76 bits per heavy atom. The Labute approximate surface area is 219 Å². The average molecular weight is 521 g/mol. The summed E-state index contributed by atoms with van der Waals surface area (Å²) in [6, 6.07) is 22.8. The van der Waals surface area contributed by atoms with Crippen LogP contribution < -0.4 is 14.2 Å². The van der Waals surface area contributed by atoms with Crippen LogP contribution in [0.5, 0.6) is 17.2 Å². The topological polar surface area (TPSA) is 102 Å². The van der Waals surface area contributed by atoms with E-state index in [9.17, 15) is 10.1 Å². The van der Waals surface area contributed by atoms with Crippen molar-refractivity contribution in [1.29, 1.82) is 0 Å². The van der Waals surface area contributed by atoms with Crippen molar-refractivity contribution < 1.29 is 19.1 Å². The molecule has 0 N–H and O–H groups in total. The van der Waals surface area contributed by atoms with E-state index in [1.54, 1.807) is 13.2 Å². The molecule has 0 unspecified atom stereocenters. The predicted octanol–water partition coefficient (Wildman–Crippen LogP) is 5.67. The molecule has 4 rings (SSSR count). The second kappa shape index (κ2) is 12.3. The van der Waals surface area contributed by atoms with Crippen LogP contribution in [0.3, 0.4) is 0 Å². The summed E-state index contributed by atoms with van der Waals surface area (Å²) in [4.78, 5) is 11.3. The molecule has 0 aliphatic carbocycles. The van der Waals surface area contributed by atoms with E-state index in [1.165, 1.54) is 11.8 Å². The van der Waals surface area contributed by atoms with Gasteiger partial charge in [0.15, 0.2) is 16.7 Å². The number of hydrogen-bond acceptors (Lipinski definition) is 8. The van der Waals surface area contributed by atoms with Crippen molar-refractivity contribution in [3.05, 3.63) is 99.9 Å². The summed E-state index contributed by atoms with van der Waals surface area (Å²) in [5.74, 6) is 2.52. The molecule has 1 heterocycles. The number of hydrogen-bond donors (Lipinski definition) is 0. The summed E-state index contributed by atoms with van der Waals surface area (Å²) in [5, 5.41) is 20.2. The Balaban J connectivity index is 1.62. The number of aromatic nitrogens is 3. The summed E-state index contributed by atoms with van der Waals surface area (Å²) in [6.45, 7) is 4.25. The van der Waals surface area contributed by atoms with E-state index >= 15 is 0 Å². The molecule has 4 aromatic rings. The van der Waals surface area contributed by atoms with Crippen LogP contribution in [0.1, 0.15) is 29.1 Å². The number of ether oxygens (including phenoxy) is 3. The molecule has 9 nitrogen and oxygen atoms in total. The molecule has 0 aliphatic rings. The van der Waals surface area contributed by atoms with Gasteiger partial charge < -0.3 is 14.2 Å². The van der Waals surface area contributed by atoms with Crippen LogP contribution in [-0.2, 0) is 6.61 Å². The van der Waals surface area contributed by atoms with Gasteiger partial charge in [-0.1, -0.05) is 48.2 Å². The van der Waals surface area contributed by atoms with Crippen molar-refractivity contribution in [3.63, 3.8) is 0 Å². The van der Waals surface area contributed by atoms with Crippen molar-refractivity contribution >= 4 is 11.8 Å². The third-order valence-electron chi connectivity index (χ3n) is 5.56. The molecule has 0 radical (unpaired) electrons. The molecule has 37 heavy (non-hydrogen) atoms. The molecule has 0 saturated carbocycles. The Morgan fingerprint density at radius 3 is 2.43 bits per heavy atom. The van der Waals surface area contributed by atoms with Crippen molar-refractivity contribution in [2.24, 2.45) is 0 Å². The first kappa shape index (κ1) is 26.0. The van der Waals surface area contributed by atoms with Crippen LogP contribution in [0.25, 0.3) is 5.69 Å². The van der Waals surface area contributed by atoms with Gasteiger partial charge in [0.25, 0.3) is 0 Å². The molecular weight excluding hydrogens is 492 g/mol. The van der Waals surface area contributed by atoms with Gasteiger partial charge in [0.1, 0.15) is 23.4 Å². The van der Waals surface area contributed by atoms with Crippen molar-refractivity contribution in [1.82, 2.24) is 14.8 Å². The largest absolute Gasteiger partial charge is 0.497 e. The summed E-state index contributed by atoms with van der Waals surface area (Å²) in [7, 11) is 1.61. The fourth-order valence-electron chi connectivity index (χ4n) is 3.77. The minimum atomic E-state index is -0.530. The molecule has 0 aliphatic heterocycles. The molecule has 192 valence electrons. The van der Waals surface area contributed by atoms with Gasteiger partial charge >= 0.3 is 0 Å². The van der Waals surface area contributed by atoms with Gasteiger partial charge in [-0.05, 0) is 61.4 Å². The van der Waals surface area contributed by atoms with Gasteiger partial charge in [0, 0.05) is 10.6 Å². The highest BCUT2D eigenvalue weighted by molar-refractivity contribution is 7.99. The molecule has 10 heteroatoms. The highest BCUT2D eigenvalue weighted by Crippen LogP contribution is 2.39. The minimum Gasteiger partial charge on any atom is -0.497 e. The number of benzene rings is 3. The number of nitrogens with zero attached hydrogens (tertiary/aromatic N) is 4. The fraction of sp³-hybridized carbons (Fsp3) is 0.259. The lowest BCUT2D eigenvalue weighted by Crippen LogP contribution is -2.11. The Morgan fingerprint density at radius 1 is 1.00 bits per heavy atom. The normalized spacial score (nSPS) is 11.6. The number of rotatable bonds is 12. The van der Waals surface area contributed by atoms with E-state index in [0.29, 0.717) is 35.7 Å². The molecule has 0 spiro atoms. The third kappa shape index (κ3) is 6.59. The molecule has 0 bridgehead atoms. The maximum Gasteiger partial charge on any atom is 0.220 e. The van der Waals surface area contributed by atoms with E-state index in [0.717, 1.165) is 22.6 Å². The standard InChI is InChI=1S/C27H28N4O5S/c1-4-35-25-16-21(10-15-24(25)36-18-20-8-6-5-7-9-20)26(17-30(32)33)37-27-29-28-19(2)31(27)22-11-13-23(34-3)14-12-22/h5-16,26H,4,17-18H2,1-3H3/t26-/m0/s1. The number of methoxy groups -OCH3 is 1. The molecule has 0 amide bonds. The van der Waals surface area contributed by atoms with Crippen LogP contribution in [0.4, 0.5) is 0 Å². The van der Waals surface area contributed by atoms with Gasteiger partial charge in [-0.3, -0.25) is 14.7 Å². The molecule has 0 fully saturated rings. The molecule has 0 saturated heterocycles. The van der Waals surface area contributed by atoms with E-state index in [-0.39, 0.29) is 11.5 Å². The first-order valence-electron chi connectivity index (χ1n) is 11.8. The van der Waals surface area contributed by atoms with Crippen LogP contribution in [-0.4, -0.2) is 39.9 Å². The summed E-state index contributed by atoms with van der Waals surface area (Å²) in [6.07, 6.45) is 0. The van der Waals surface area contributed by atoms with Gasteiger partial charge in [-0.15, -0.1) is 10.2 Å². The Kier molecular flexibility index (Phi) is 8.63. The second-order valence-electron chi connectivity index (χ2n) is 8.10. The second-order valence-corrected chi connectivity index (χ2v) is 9.27. The number of nitro groups is 1. The van der Waals surface area contributed by atoms with Crippen LogP contribution in [0, 0.1) is 17.0 Å². The lowest BCUT2D eigenvalue weighted by atomic mass is 10.1. The van der Waals surface area contributed by atoms with E-state index in [4.69, 9.17) is 14.2 Å². The summed E-state index contributed by atoms with van der Waals surface area (Å²) < 4.78 is 19.0. The first-order valence-corrected chi connectivity index (χ1v) is 12.6. The Hall–Kier alpha value is -4.05. The van der Waals surface area contributed by atoms with Crippen molar-refractivity contribution in [2.45, 2.75) is 30.9 Å². The van der Waals surface area contributed by atoms with Crippen molar-refractivity contribution in [2.75, 3.05) is 20.3 Å². The summed E-state index contributed by atoms with van der Waals surface area (Å²) in [5.41, 5.74) is 2.61.